The summed E-state index contributed by atoms with van der Waals surface area (Å²) in [6.07, 6.45) is 0. The molecule has 0 aliphatic heterocycles. The van der Waals surface area contributed by atoms with Gasteiger partial charge in [-0.1, -0.05) is 12.1 Å². The van der Waals surface area contributed by atoms with Crippen LogP contribution in [0.1, 0.15) is 12.5 Å². The van der Waals surface area contributed by atoms with Gasteiger partial charge in [-0.3, -0.25) is 0 Å². The smallest absolute Gasteiger partial charge is 0.146 e. The minimum atomic E-state index is -0.653. The van der Waals surface area contributed by atoms with Crippen molar-refractivity contribution in [2.24, 2.45) is 0 Å². The van der Waals surface area contributed by atoms with Crippen LogP contribution in [0.25, 0.3) is 0 Å². The first-order chi connectivity index (χ1) is 9.54. The molecule has 2 aromatic carbocycles. The normalized spacial score (nSPS) is 10.7. The van der Waals surface area contributed by atoms with Crippen LogP contribution >= 0.6 is 15.9 Å². The van der Waals surface area contributed by atoms with Crippen molar-refractivity contribution in [3.63, 3.8) is 0 Å². The Balaban J connectivity index is 2.37. The molecule has 0 saturated carbocycles. The predicted octanol–water partition coefficient (Wildman–Crippen LogP) is 4.89. The van der Waals surface area contributed by atoms with Gasteiger partial charge in [0.2, 0.25) is 0 Å². The molecule has 0 bridgehead atoms. The largest absolute Gasteiger partial charge is 0.365 e. The molecule has 2 aromatic rings. The van der Waals surface area contributed by atoms with E-state index in [-0.39, 0.29) is 16.6 Å². The first-order valence-electron chi connectivity index (χ1n) is 6.16. The van der Waals surface area contributed by atoms with Crippen molar-refractivity contribution >= 4 is 21.6 Å². The van der Waals surface area contributed by atoms with E-state index in [9.17, 15) is 13.2 Å². The van der Waals surface area contributed by atoms with E-state index in [0.29, 0.717) is 12.2 Å². The van der Waals surface area contributed by atoms with E-state index in [1.807, 2.05) is 0 Å². The summed E-state index contributed by atoms with van der Waals surface area (Å²) in [5, 5.41) is 0. The van der Waals surface area contributed by atoms with E-state index in [0.717, 1.165) is 0 Å². The lowest BCUT2D eigenvalue weighted by Crippen LogP contribution is -2.24. The molecule has 0 atom stereocenters. The maximum atomic E-state index is 14.0. The zero-order chi connectivity index (χ0) is 14.7. The summed E-state index contributed by atoms with van der Waals surface area (Å²) in [6, 6.07) is 8.69. The van der Waals surface area contributed by atoms with Gasteiger partial charge in [0, 0.05) is 18.7 Å². The molecule has 0 aromatic heterocycles. The van der Waals surface area contributed by atoms with Crippen LogP contribution < -0.4 is 4.90 Å². The number of hydrogen-bond acceptors (Lipinski definition) is 1. The third-order valence-electron chi connectivity index (χ3n) is 3.06. The Kier molecular flexibility index (Phi) is 4.70. The minimum absolute atomic E-state index is 0.0332. The van der Waals surface area contributed by atoms with Crippen molar-refractivity contribution in [3.05, 3.63) is 63.9 Å². The van der Waals surface area contributed by atoms with Crippen LogP contribution in [-0.2, 0) is 6.54 Å². The van der Waals surface area contributed by atoms with Crippen molar-refractivity contribution in [2.45, 2.75) is 13.5 Å². The van der Waals surface area contributed by atoms with Crippen LogP contribution in [0.5, 0.6) is 0 Å². The number of para-hydroxylation sites is 1. The number of anilines is 1. The quantitative estimate of drug-likeness (QED) is 0.714. The van der Waals surface area contributed by atoms with Gasteiger partial charge in [0.25, 0.3) is 0 Å². The molecular weight excluding hydrogens is 331 g/mol. The van der Waals surface area contributed by atoms with Gasteiger partial charge in [0.15, 0.2) is 0 Å². The lowest BCUT2D eigenvalue weighted by atomic mass is 10.1. The molecule has 0 fully saturated rings. The second-order valence-corrected chi connectivity index (χ2v) is 5.14. The maximum Gasteiger partial charge on any atom is 0.146 e. The van der Waals surface area contributed by atoms with E-state index < -0.39 is 17.5 Å². The van der Waals surface area contributed by atoms with Gasteiger partial charge in [0.05, 0.1) is 10.2 Å². The lowest BCUT2D eigenvalue weighted by Gasteiger charge is -2.24. The van der Waals surface area contributed by atoms with E-state index >= 15 is 0 Å². The SMILES string of the molecule is CCN(Cc1c(F)ccc(Br)c1F)c1ccccc1F. The number of rotatable bonds is 4. The Morgan fingerprint density at radius 1 is 1.00 bits per heavy atom. The molecule has 0 unspecified atom stereocenters. The first-order valence-corrected chi connectivity index (χ1v) is 6.95. The number of benzene rings is 2. The molecule has 2 rings (SSSR count). The van der Waals surface area contributed by atoms with E-state index in [1.54, 1.807) is 30.0 Å². The highest BCUT2D eigenvalue weighted by Gasteiger charge is 2.17. The lowest BCUT2D eigenvalue weighted by molar-refractivity contribution is 0.544. The third kappa shape index (κ3) is 2.98. The second kappa shape index (κ2) is 6.31. The zero-order valence-corrected chi connectivity index (χ0v) is 12.4. The highest BCUT2D eigenvalue weighted by Crippen LogP contribution is 2.26. The summed E-state index contributed by atoms with van der Waals surface area (Å²) < 4.78 is 41.7. The molecule has 0 heterocycles. The van der Waals surface area contributed by atoms with Gasteiger partial charge < -0.3 is 4.90 Å². The maximum absolute atomic E-state index is 14.0. The molecule has 1 nitrogen and oxygen atoms in total. The molecule has 0 spiro atoms. The summed E-state index contributed by atoms with van der Waals surface area (Å²) in [7, 11) is 0. The Bertz CT molecular complexity index is 616. The van der Waals surface area contributed by atoms with Gasteiger partial charge in [-0.05, 0) is 47.1 Å². The fraction of sp³-hybridized carbons (Fsp3) is 0.200. The van der Waals surface area contributed by atoms with Crippen LogP contribution in [0.2, 0.25) is 0 Å². The van der Waals surface area contributed by atoms with Gasteiger partial charge in [-0.15, -0.1) is 0 Å². The average molecular weight is 344 g/mol. The van der Waals surface area contributed by atoms with Crippen LogP contribution in [0.4, 0.5) is 18.9 Å². The van der Waals surface area contributed by atoms with Crippen LogP contribution in [-0.4, -0.2) is 6.54 Å². The summed E-state index contributed by atoms with van der Waals surface area (Å²) in [6.45, 7) is 2.21. The summed E-state index contributed by atoms with van der Waals surface area (Å²) in [4.78, 5) is 1.59. The highest BCUT2D eigenvalue weighted by molar-refractivity contribution is 9.10. The van der Waals surface area contributed by atoms with Crippen molar-refractivity contribution in [2.75, 3.05) is 11.4 Å². The first kappa shape index (κ1) is 14.9. The molecule has 106 valence electrons. The molecule has 0 radical (unpaired) electrons. The molecular formula is C15H13BrF3N. The van der Waals surface area contributed by atoms with Crippen LogP contribution in [0.15, 0.2) is 40.9 Å². The van der Waals surface area contributed by atoms with Crippen LogP contribution in [0.3, 0.4) is 0 Å². The Morgan fingerprint density at radius 3 is 2.35 bits per heavy atom. The topological polar surface area (TPSA) is 3.24 Å². The molecule has 0 amide bonds. The monoisotopic (exact) mass is 343 g/mol. The molecule has 0 aliphatic carbocycles. The van der Waals surface area contributed by atoms with E-state index in [1.165, 1.54) is 18.2 Å². The molecule has 5 heteroatoms. The summed E-state index contributed by atoms with van der Waals surface area (Å²) >= 11 is 3.03. The Hall–Kier alpha value is -1.49. The Labute approximate surface area is 124 Å². The fourth-order valence-electron chi connectivity index (χ4n) is 1.98. The predicted molar refractivity (Wildman–Crippen MR) is 77.2 cm³/mol. The van der Waals surface area contributed by atoms with Crippen molar-refractivity contribution < 1.29 is 13.2 Å². The number of halogens is 4. The van der Waals surface area contributed by atoms with Crippen LogP contribution in [0, 0.1) is 17.5 Å². The van der Waals surface area contributed by atoms with E-state index in [2.05, 4.69) is 15.9 Å². The second-order valence-electron chi connectivity index (χ2n) is 4.29. The zero-order valence-electron chi connectivity index (χ0n) is 10.8. The summed E-state index contributed by atoms with van der Waals surface area (Å²) in [5.74, 6) is -1.70. The number of nitrogens with zero attached hydrogens (tertiary/aromatic N) is 1. The minimum Gasteiger partial charge on any atom is -0.365 e. The third-order valence-corrected chi connectivity index (χ3v) is 3.68. The van der Waals surface area contributed by atoms with Gasteiger partial charge in [-0.2, -0.15) is 0 Å². The van der Waals surface area contributed by atoms with Crippen molar-refractivity contribution in [1.29, 1.82) is 0 Å². The van der Waals surface area contributed by atoms with Gasteiger partial charge in [-0.25, -0.2) is 13.2 Å². The molecule has 0 saturated heterocycles. The standard InChI is InChI=1S/C15H13BrF3N/c1-2-20(14-6-4-3-5-13(14)18)9-10-12(17)8-7-11(16)15(10)19/h3-8H,2,9H2,1H3. The summed E-state index contributed by atoms with van der Waals surface area (Å²) in [5.41, 5.74) is 0.248. The highest BCUT2D eigenvalue weighted by atomic mass is 79.9. The average Bonchev–Trinajstić information content (AvgIpc) is 2.45. The molecule has 0 aliphatic rings. The van der Waals surface area contributed by atoms with E-state index in [4.69, 9.17) is 0 Å². The van der Waals surface area contributed by atoms with Gasteiger partial charge in [0.1, 0.15) is 17.5 Å². The number of hydrogen-bond donors (Lipinski definition) is 0. The van der Waals surface area contributed by atoms with Crippen molar-refractivity contribution in [3.8, 4) is 0 Å². The molecule has 20 heavy (non-hydrogen) atoms. The van der Waals surface area contributed by atoms with Crippen molar-refractivity contribution in [1.82, 2.24) is 0 Å². The Morgan fingerprint density at radius 2 is 1.70 bits per heavy atom. The van der Waals surface area contributed by atoms with Gasteiger partial charge >= 0.3 is 0 Å². The fourth-order valence-corrected chi connectivity index (χ4v) is 2.35. The molecule has 0 N–H and O–H groups in total.